The van der Waals surface area contributed by atoms with E-state index in [4.69, 9.17) is 4.74 Å². The number of hydrogen-bond donors (Lipinski definition) is 1. The zero-order chi connectivity index (χ0) is 18.3. The predicted octanol–water partition coefficient (Wildman–Crippen LogP) is 3.78. The summed E-state index contributed by atoms with van der Waals surface area (Å²) in [5.74, 6) is 0. The van der Waals surface area contributed by atoms with Gasteiger partial charge in [-0.3, -0.25) is 4.98 Å². The van der Waals surface area contributed by atoms with Crippen molar-refractivity contribution in [2.45, 2.75) is 12.7 Å². The van der Waals surface area contributed by atoms with Crippen molar-refractivity contribution >= 4 is 11.7 Å². The van der Waals surface area contributed by atoms with E-state index < -0.39 is 17.8 Å². The number of halogens is 3. The molecule has 0 aliphatic heterocycles. The Morgan fingerprint density at radius 3 is 2.52 bits per heavy atom. The van der Waals surface area contributed by atoms with Crippen molar-refractivity contribution in [2.75, 3.05) is 25.6 Å². The van der Waals surface area contributed by atoms with E-state index in [2.05, 4.69) is 10.3 Å². The second-order valence-corrected chi connectivity index (χ2v) is 5.24. The first-order valence-corrected chi connectivity index (χ1v) is 7.52. The Labute approximate surface area is 143 Å². The van der Waals surface area contributed by atoms with Gasteiger partial charge in [0.05, 0.1) is 17.9 Å². The SMILES string of the molecule is COCCN(Cc1ccncc1)C(=O)Nc1ccccc1C(F)(F)F. The van der Waals surface area contributed by atoms with Crippen LogP contribution in [-0.2, 0) is 17.5 Å². The van der Waals surface area contributed by atoms with Crippen molar-refractivity contribution in [3.8, 4) is 0 Å². The number of benzene rings is 1. The zero-order valence-electron chi connectivity index (χ0n) is 13.6. The fourth-order valence-electron chi connectivity index (χ4n) is 2.20. The fourth-order valence-corrected chi connectivity index (χ4v) is 2.20. The first-order chi connectivity index (χ1) is 11.9. The van der Waals surface area contributed by atoms with Crippen molar-refractivity contribution in [1.29, 1.82) is 0 Å². The molecule has 25 heavy (non-hydrogen) atoms. The molecule has 2 amide bonds. The number of hydrogen-bond acceptors (Lipinski definition) is 3. The average Bonchev–Trinajstić information content (AvgIpc) is 2.59. The van der Waals surface area contributed by atoms with Crippen LogP contribution in [-0.4, -0.2) is 36.2 Å². The van der Waals surface area contributed by atoms with E-state index >= 15 is 0 Å². The molecule has 0 atom stereocenters. The van der Waals surface area contributed by atoms with Crippen molar-refractivity contribution in [1.82, 2.24) is 9.88 Å². The first kappa shape index (κ1) is 18.7. The molecule has 134 valence electrons. The highest BCUT2D eigenvalue weighted by molar-refractivity contribution is 5.90. The van der Waals surface area contributed by atoms with Crippen LogP contribution in [0.5, 0.6) is 0 Å². The molecule has 0 saturated carbocycles. The summed E-state index contributed by atoms with van der Waals surface area (Å²) in [5.41, 5.74) is -0.360. The largest absolute Gasteiger partial charge is 0.418 e. The van der Waals surface area contributed by atoms with E-state index in [9.17, 15) is 18.0 Å². The smallest absolute Gasteiger partial charge is 0.383 e. The number of carbonyl (C=O) groups excluding carboxylic acids is 1. The first-order valence-electron chi connectivity index (χ1n) is 7.52. The second kappa shape index (κ2) is 8.48. The number of pyridine rings is 1. The number of methoxy groups -OCH3 is 1. The topological polar surface area (TPSA) is 54.5 Å². The normalized spacial score (nSPS) is 11.2. The summed E-state index contributed by atoms with van der Waals surface area (Å²) < 4.78 is 44.1. The van der Waals surface area contributed by atoms with Crippen molar-refractivity contribution in [3.05, 3.63) is 59.9 Å². The molecule has 0 saturated heterocycles. The van der Waals surface area contributed by atoms with Gasteiger partial charge in [0.2, 0.25) is 0 Å². The van der Waals surface area contributed by atoms with Gasteiger partial charge in [0, 0.05) is 32.6 Å². The summed E-state index contributed by atoms with van der Waals surface area (Å²) in [5, 5.41) is 2.34. The lowest BCUT2D eigenvalue weighted by Crippen LogP contribution is -2.37. The van der Waals surface area contributed by atoms with Gasteiger partial charge in [0.1, 0.15) is 0 Å². The van der Waals surface area contributed by atoms with Crippen LogP contribution >= 0.6 is 0 Å². The number of carbonyl (C=O) groups is 1. The molecule has 8 heteroatoms. The van der Waals surface area contributed by atoms with Gasteiger partial charge in [-0.15, -0.1) is 0 Å². The second-order valence-electron chi connectivity index (χ2n) is 5.24. The maximum atomic E-state index is 13.1. The Balaban J connectivity index is 2.17. The molecule has 5 nitrogen and oxygen atoms in total. The van der Waals surface area contributed by atoms with Crippen LogP contribution in [0.2, 0.25) is 0 Å². The van der Waals surface area contributed by atoms with Gasteiger partial charge in [-0.25, -0.2) is 4.79 Å². The van der Waals surface area contributed by atoms with Crippen LogP contribution in [0.3, 0.4) is 0 Å². The summed E-state index contributed by atoms with van der Waals surface area (Å²) >= 11 is 0. The van der Waals surface area contributed by atoms with Gasteiger partial charge in [-0.05, 0) is 29.8 Å². The monoisotopic (exact) mass is 353 g/mol. The number of rotatable bonds is 6. The van der Waals surface area contributed by atoms with Gasteiger partial charge < -0.3 is 15.0 Å². The summed E-state index contributed by atoms with van der Waals surface area (Å²) in [6.45, 7) is 0.726. The summed E-state index contributed by atoms with van der Waals surface area (Å²) in [4.78, 5) is 17.8. The minimum atomic E-state index is -4.55. The molecule has 2 aromatic rings. The molecule has 0 unspecified atom stereocenters. The van der Waals surface area contributed by atoms with Crippen LogP contribution in [0, 0.1) is 0 Å². The summed E-state index contributed by atoms with van der Waals surface area (Å²) in [6, 6.07) is 7.70. The molecule has 0 aliphatic carbocycles. The van der Waals surface area contributed by atoms with Gasteiger partial charge >= 0.3 is 12.2 Å². The van der Waals surface area contributed by atoms with Crippen LogP contribution < -0.4 is 5.32 Å². The van der Waals surface area contributed by atoms with Crippen molar-refractivity contribution in [3.63, 3.8) is 0 Å². The fraction of sp³-hybridized carbons (Fsp3) is 0.294. The molecule has 0 radical (unpaired) electrons. The number of nitrogens with zero attached hydrogens (tertiary/aromatic N) is 2. The number of para-hydroxylation sites is 1. The Hall–Kier alpha value is -2.61. The third-order valence-electron chi connectivity index (χ3n) is 3.45. The molecule has 0 aliphatic rings. The Kier molecular flexibility index (Phi) is 6.35. The number of aromatic nitrogens is 1. The lowest BCUT2D eigenvalue weighted by Gasteiger charge is -2.24. The molecular formula is C17H18F3N3O2. The van der Waals surface area contributed by atoms with E-state index in [1.165, 1.54) is 30.2 Å². The highest BCUT2D eigenvalue weighted by atomic mass is 19.4. The highest BCUT2D eigenvalue weighted by Gasteiger charge is 2.33. The number of nitrogens with one attached hydrogen (secondary N) is 1. The van der Waals surface area contributed by atoms with Crippen LogP contribution in [0.15, 0.2) is 48.8 Å². The minimum absolute atomic E-state index is 0.228. The molecule has 1 aromatic heterocycles. The number of urea groups is 1. The van der Waals surface area contributed by atoms with Crippen LogP contribution in [0.25, 0.3) is 0 Å². The van der Waals surface area contributed by atoms with Crippen LogP contribution in [0.4, 0.5) is 23.7 Å². The molecule has 2 rings (SSSR count). The summed E-state index contributed by atoms with van der Waals surface area (Å²) in [6.07, 6.45) is -1.38. The minimum Gasteiger partial charge on any atom is -0.383 e. The molecule has 0 fully saturated rings. The highest BCUT2D eigenvalue weighted by Crippen LogP contribution is 2.34. The Morgan fingerprint density at radius 1 is 1.20 bits per heavy atom. The lowest BCUT2D eigenvalue weighted by atomic mass is 10.1. The van der Waals surface area contributed by atoms with Crippen LogP contribution in [0.1, 0.15) is 11.1 Å². The Bertz CT molecular complexity index is 693. The van der Waals surface area contributed by atoms with E-state index in [1.807, 2.05) is 0 Å². The molecular weight excluding hydrogens is 335 g/mol. The van der Waals surface area contributed by atoms with Gasteiger partial charge in [0.25, 0.3) is 0 Å². The number of anilines is 1. The standard InChI is InChI=1S/C17H18F3N3O2/c1-25-11-10-23(12-13-6-8-21-9-7-13)16(24)22-15-5-3-2-4-14(15)17(18,19)20/h2-9H,10-12H2,1H3,(H,22,24). The third-order valence-corrected chi connectivity index (χ3v) is 3.45. The number of alkyl halides is 3. The maximum Gasteiger partial charge on any atom is 0.418 e. The van der Waals surface area contributed by atoms with E-state index in [1.54, 1.807) is 24.5 Å². The van der Waals surface area contributed by atoms with E-state index in [0.29, 0.717) is 0 Å². The summed E-state index contributed by atoms with van der Waals surface area (Å²) in [7, 11) is 1.49. The molecule has 0 bridgehead atoms. The van der Waals surface area contributed by atoms with Gasteiger partial charge in [0.15, 0.2) is 0 Å². The predicted molar refractivity (Wildman–Crippen MR) is 87.0 cm³/mol. The third kappa shape index (κ3) is 5.46. The molecule has 0 spiro atoms. The molecule has 1 heterocycles. The number of amides is 2. The molecule has 1 N–H and O–H groups in total. The number of ether oxygens (including phenoxy) is 1. The van der Waals surface area contributed by atoms with Crippen molar-refractivity contribution < 1.29 is 22.7 Å². The maximum absolute atomic E-state index is 13.1. The lowest BCUT2D eigenvalue weighted by molar-refractivity contribution is -0.136. The Morgan fingerprint density at radius 2 is 1.88 bits per heavy atom. The van der Waals surface area contributed by atoms with E-state index in [0.717, 1.165) is 11.6 Å². The van der Waals surface area contributed by atoms with Gasteiger partial charge in [-0.2, -0.15) is 13.2 Å². The van der Waals surface area contributed by atoms with E-state index in [-0.39, 0.29) is 25.4 Å². The zero-order valence-corrected chi connectivity index (χ0v) is 13.6. The van der Waals surface area contributed by atoms with Crippen molar-refractivity contribution in [2.24, 2.45) is 0 Å². The quantitative estimate of drug-likeness (QED) is 0.860. The average molecular weight is 353 g/mol. The van der Waals surface area contributed by atoms with Gasteiger partial charge in [-0.1, -0.05) is 12.1 Å². The molecule has 1 aromatic carbocycles.